The van der Waals surface area contributed by atoms with Gasteiger partial charge >= 0.3 is 0 Å². The highest BCUT2D eigenvalue weighted by Crippen LogP contribution is 2.24. The van der Waals surface area contributed by atoms with Crippen LogP contribution in [0.2, 0.25) is 0 Å². The SMILES string of the molecule is CN=C(NCc1noc(C(C)(C)C)n1)NCc1ccc(C)cc1OC1CCOC1. The molecular formula is C21H31N5O3. The lowest BCUT2D eigenvalue weighted by molar-refractivity contribution is 0.140. The van der Waals surface area contributed by atoms with Crippen LogP contribution in [0.4, 0.5) is 0 Å². The van der Waals surface area contributed by atoms with E-state index in [1.807, 2.05) is 20.8 Å². The maximum Gasteiger partial charge on any atom is 0.232 e. The summed E-state index contributed by atoms with van der Waals surface area (Å²) in [6, 6.07) is 6.23. The van der Waals surface area contributed by atoms with Gasteiger partial charge in [-0.1, -0.05) is 38.1 Å². The summed E-state index contributed by atoms with van der Waals surface area (Å²) in [5.41, 5.74) is 2.06. The van der Waals surface area contributed by atoms with E-state index in [9.17, 15) is 0 Å². The fourth-order valence-electron chi connectivity index (χ4n) is 2.90. The molecule has 0 bridgehead atoms. The molecule has 29 heavy (non-hydrogen) atoms. The Labute approximate surface area is 172 Å². The number of ether oxygens (including phenoxy) is 2. The fraction of sp³-hybridized carbons (Fsp3) is 0.571. The van der Waals surface area contributed by atoms with Crippen LogP contribution in [0.15, 0.2) is 27.7 Å². The lowest BCUT2D eigenvalue weighted by atomic mass is 9.97. The van der Waals surface area contributed by atoms with Crippen molar-refractivity contribution >= 4 is 5.96 Å². The Hall–Kier alpha value is -2.61. The van der Waals surface area contributed by atoms with E-state index >= 15 is 0 Å². The third-order valence-electron chi connectivity index (χ3n) is 4.60. The zero-order valence-electron chi connectivity index (χ0n) is 17.9. The average Bonchev–Trinajstić information content (AvgIpc) is 3.35. The Morgan fingerprint density at radius 1 is 1.28 bits per heavy atom. The van der Waals surface area contributed by atoms with Gasteiger partial charge in [-0.2, -0.15) is 4.98 Å². The number of nitrogens with one attached hydrogen (secondary N) is 2. The Kier molecular flexibility index (Phi) is 6.74. The first-order valence-corrected chi connectivity index (χ1v) is 9.96. The van der Waals surface area contributed by atoms with Crippen molar-refractivity contribution in [2.45, 2.75) is 58.7 Å². The van der Waals surface area contributed by atoms with E-state index in [4.69, 9.17) is 14.0 Å². The number of aliphatic imine (C=N–C) groups is 1. The predicted molar refractivity (Wildman–Crippen MR) is 111 cm³/mol. The van der Waals surface area contributed by atoms with Gasteiger partial charge in [0.1, 0.15) is 11.9 Å². The zero-order valence-corrected chi connectivity index (χ0v) is 17.9. The summed E-state index contributed by atoms with van der Waals surface area (Å²) in [7, 11) is 1.73. The van der Waals surface area contributed by atoms with Crippen molar-refractivity contribution in [3.63, 3.8) is 0 Å². The quantitative estimate of drug-likeness (QED) is 0.568. The van der Waals surface area contributed by atoms with Gasteiger partial charge in [0.25, 0.3) is 0 Å². The monoisotopic (exact) mass is 401 g/mol. The van der Waals surface area contributed by atoms with E-state index in [2.05, 4.69) is 50.9 Å². The maximum atomic E-state index is 6.16. The van der Waals surface area contributed by atoms with Gasteiger partial charge in [-0.15, -0.1) is 0 Å². The average molecular weight is 402 g/mol. The van der Waals surface area contributed by atoms with Gasteiger partial charge in [0.15, 0.2) is 11.8 Å². The number of aromatic nitrogens is 2. The van der Waals surface area contributed by atoms with E-state index in [0.29, 0.717) is 37.4 Å². The van der Waals surface area contributed by atoms with Crippen LogP contribution in [0.3, 0.4) is 0 Å². The third kappa shape index (κ3) is 5.93. The van der Waals surface area contributed by atoms with Crippen LogP contribution in [-0.4, -0.2) is 42.5 Å². The van der Waals surface area contributed by atoms with Gasteiger partial charge in [0, 0.05) is 31.0 Å². The molecule has 0 saturated carbocycles. The van der Waals surface area contributed by atoms with Crippen molar-refractivity contribution < 1.29 is 14.0 Å². The standard InChI is InChI=1S/C21H31N5O3/c1-14-6-7-15(17(10-14)28-16-8-9-27-13-16)11-23-20(22-5)24-12-18-25-19(29-26-18)21(2,3)4/h6-7,10,16H,8-9,11-13H2,1-5H3,(H2,22,23,24). The molecule has 1 aromatic carbocycles. The Morgan fingerprint density at radius 2 is 2.07 bits per heavy atom. The molecule has 8 nitrogen and oxygen atoms in total. The minimum atomic E-state index is -0.169. The first kappa shape index (κ1) is 21.1. The highest BCUT2D eigenvalue weighted by Gasteiger charge is 2.22. The van der Waals surface area contributed by atoms with Gasteiger partial charge in [0.2, 0.25) is 5.89 Å². The molecule has 1 aliphatic rings. The minimum Gasteiger partial charge on any atom is -0.488 e. The summed E-state index contributed by atoms with van der Waals surface area (Å²) in [4.78, 5) is 8.70. The van der Waals surface area contributed by atoms with Crippen LogP contribution < -0.4 is 15.4 Å². The van der Waals surface area contributed by atoms with Crippen LogP contribution in [0.25, 0.3) is 0 Å². The molecule has 8 heteroatoms. The van der Waals surface area contributed by atoms with Crippen LogP contribution >= 0.6 is 0 Å². The lowest BCUT2D eigenvalue weighted by Crippen LogP contribution is -2.36. The number of nitrogens with zero attached hydrogens (tertiary/aromatic N) is 3. The van der Waals surface area contributed by atoms with Crippen LogP contribution in [0.1, 0.15) is 50.0 Å². The molecule has 1 atom stereocenters. The second kappa shape index (κ2) is 9.26. The Morgan fingerprint density at radius 3 is 2.72 bits per heavy atom. The number of hydrogen-bond donors (Lipinski definition) is 2. The maximum absolute atomic E-state index is 6.16. The van der Waals surface area contributed by atoms with Crippen molar-refractivity contribution in [2.24, 2.45) is 4.99 Å². The smallest absolute Gasteiger partial charge is 0.232 e. The zero-order chi connectivity index (χ0) is 20.9. The van der Waals surface area contributed by atoms with Gasteiger partial charge in [0.05, 0.1) is 19.8 Å². The molecular weight excluding hydrogens is 370 g/mol. The van der Waals surface area contributed by atoms with Gasteiger partial charge in [-0.05, 0) is 18.6 Å². The van der Waals surface area contributed by atoms with Crippen molar-refractivity contribution in [3.8, 4) is 5.75 Å². The van der Waals surface area contributed by atoms with E-state index in [0.717, 1.165) is 29.9 Å². The molecule has 0 spiro atoms. The number of hydrogen-bond acceptors (Lipinski definition) is 6. The summed E-state index contributed by atoms with van der Waals surface area (Å²) >= 11 is 0. The minimum absolute atomic E-state index is 0.114. The molecule has 2 aromatic rings. The number of aryl methyl sites for hydroxylation is 1. The highest BCUT2D eigenvalue weighted by atomic mass is 16.5. The lowest BCUT2D eigenvalue weighted by Gasteiger charge is -2.17. The van der Waals surface area contributed by atoms with E-state index in [1.165, 1.54) is 0 Å². The molecule has 2 heterocycles. The topological polar surface area (TPSA) is 93.8 Å². The molecule has 1 unspecified atom stereocenters. The first-order chi connectivity index (χ1) is 13.8. The summed E-state index contributed by atoms with van der Waals surface area (Å²) in [6.07, 6.45) is 1.04. The number of rotatable bonds is 6. The van der Waals surface area contributed by atoms with Crippen LogP contribution in [0, 0.1) is 6.92 Å². The molecule has 3 rings (SSSR count). The normalized spacial score (nSPS) is 17.4. The van der Waals surface area contributed by atoms with Crippen LogP contribution in [-0.2, 0) is 23.2 Å². The number of benzene rings is 1. The van der Waals surface area contributed by atoms with Gasteiger partial charge < -0.3 is 24.6 Å². The molecule has 2 N–H and O–H groups in total. The Bertz CT molecular complexity index is 835. The van der Waals surface area contributed by atoms with Crippen molar-refractivity contribution in [2.75, 3.05) is 20.3 Å². The van der Waals surface area contributed by atoms with Crippen molar-refractivity contribution in [1.82, 2.24) is 20.8 Å². The highest BCUT2D eigenvalue weighted by molar-refractivity contribution is 5.79. The predicted octanol–water partition coefficient (Wildman–Crippen LogP) is 2.71. The van der Waals surface area contributed by atoms with E-state index in [1.54, 1.807) is 7.05 Å². The van der Waals surface area contributed by atoms with E-state index in [-0.39, 0.29) is 11.5 Å². The molecule has 158 valence electrons. The molecule has 0 aliphatic carbocycles. The molecule has 0 amide bonds. The Balaban J connectivity index is 1.57. The third-order valence-corrected chi connectivity index (χ3v) is 4.60. The number of guanidine groups is 1. The molecule has 1 saturated heterocycles. The van der Waals surface area contributed by atoms with Crippen LogP contribution in [0.5, 0.6) is 5.75 Å². The molecule has 1 fully saturated rings. The van der Waals surface area contributed by atoms with Crippen molar-refractivity contribution in [3.05, 3.63) is 41.0 Å². The van der Waals surface area contributed by atoms with Crippen molar-refractivity contribution in [1.29, 1.82) is 0 Å². The largest absolute Gasteiger partial charge is 0.488 e. The second-order valence-electron chi connectivity index (χ2n) is 8.26. The fourth-order valence-corrected chi connectivity index (χ4v) is 2.90. The second-order valence-corrected chi connectivity index (χ2v) is 8.26. The summed E-state index contributed by atoms with van der Waals surface area (Å²) in [5, 5.41) is 10.6. The van der Waals surface area contributed by atoms with E-state index < -0.39 is 0 Å². The van der Waals surface area contributed by atoms with Gasteiger partial charge in [-0.25, -0.2) is 0 Å². The summed E-state index contributed by atoms with van der Waals surface area (Å²) in [5.74, 6) is 2.76. The molecule has 0 radical (unpaired) electrons. The summed E-state index contributed by atoms with van der Waals surface area (Å²) < 4.78 is 16.9. The van der Waals surface area contributed by atoms with Gasteiger partial charge in [-0.3, -0.25) is 4.99 Å². The molecule has 1 aromatic heterocycles. The first-order valence-electron chi connectivity index (χ1n) is 9.96. The molecule has 1 aliphatic heterocycles. The summed E-state index contributed by atoms with van der Waals surface area (Å²) in [6.45, 7) is 10.6.